The molecule has 0 radical (unpaired) electrons. The molecule has 1 fully saturated rings. The number of alkyl halides is 3. The number of likely N-dealkylation sites (tertiary alicyclic amines) is 1. The molecule has 1 aliphatic heterocycles. The van der Waals surface area contributed by atoms with Gasteiger partial charge in [0.1, 0.15) is 5.75 Å². The molecule has 0 bridgehead atoms. The van der Waals surface area contributed by atoms with E-state index < -0.39 is 11.7 Å². The molecule has 1 amide bonds. The molecule has 1 aliphatic rings. The number of rotatable bonds is 4. The molecule has 0 unspecified atom stereocenters. The van der Waals surface area contributed by atoms with E-state index in [0.29, 0.717) is 30.3 Å². The van der Waals surface area contributed by atoms with Gasteiger partial charge in [-0.1, -0.05) is 17.3 Å². The molecule has 1 saturated heterocycles. The second kappa shape index (κ2) is 7.23. The summed E-state index contributed by atoms with van der Waals surface area (Å²) in [4.78, 5) is 18.3. The first-order valence-electron chi connectivity index (χ1n) is 8.79. The zero-order chi connectivity index (χ0) is 20.6. The lowest BCUT2D eigenvalue weighted by atomic mass is 9.98. The van der Waals surface area contributed by atoms with Gasteiger partial charge in [0.15, 0.2) is 0 Å². The summed E-state index contributed by atoms with van der Waals surface area (Å²) in [7, 11) is 1.55. The van der Waals surface area contributed by atoms with Gasteiger partial charge in [-0.05, 0) is 36.4 Å². The fourth-order valence-corrected chi connectivity index (χ4v) is 3.07. The largest absolute Gasteiger partial charge is 0.497 e. The molecule has 29 heavy (non-hydrogen) atoms. The highest BCUT2D eigenvalue weighted by Crippen LogP contribution is 2.33. The molecule has 0 saturated carbocycles. The van der Waals surface area contributed by atoms with Gasteiger partial charge in [0.25, 0.3) is 5.91 Å². The third kappa shape index (κ3) is 3.80. The van der Waals surface area contributed by atoms with Crippen molar-refractivity contribution in [3.8, 4) is 17.1 Å². The van der Waals surface area contributed by atoms with Gasteiger partial charge < -0.3 is 14.2 Å². The molecule has 0 atom stereocenters. The quantitative estimate of drug-likeness (QED) is 0.659. The van der Waals surface area contributed by atoms with Gasteiger partial charge in [0, 0.05) is 24.2 Å². The van der Waals surface area contributed by atoms with Gasteiger partial charge in [0.2, 0.25) is 11.7 Å². The Labute approximate surface area is 163 Å². The zero-order valence-corrected chi connectivity index (χ0v) is 15.3. The second-order valence-electron chi connectivity index (χ2n) is 6.67. The van der Waals surface area contributed by atoms with Crippen LogP contribution in [0.4, 0.5) is 13.2 Å². The minimum atomic E-state index is -4.45. The van der Waals surface area contributed by atoms with Gasteiger partial charge in [-0.15, -0.1) is 0 Å². The van der Waals surface area contributed by atoms with E-state index >= 15 is 0 Å². The van der Waals surface area contributed by atoms with E-state index in [4.69, 9.17) is 9.26 Å². The molecule has 150 valence electrons. The lowest BCUT2D eigenvalue weighted by Gasteiger charge is -2.37. The Hall–Kier alpha value is -3.36. The summed E-state index contributed by atoms with van der Waals surface area (Å²) in [5.41, 5.74) is -0.0130. The van der Waals surface area contributed by atoms with Crippen molar-refractivity contribution in [1.29, 1.82) is 0 Å². The van der Waals surface area contributed by atoms with Crippen LogP contribution in [0.1, 0.15) is 27.7 Å². The van der Waals surface area contributed by atoms with E-state index in [0.717, 1.165) is 12.1 Å². The molecule has 0 N–H and O–H groups in total. The van der Waals surface area contributed by atoms with Gasteiger partial charge in [0.05, 0.1) is 18.6 Å². The summed E-state index contributed by atoms with van der Waals surface area (Å²) >= 11 is 0. The Morgan fingerprint density at radius 1 is 1.17 bits per heavy atom. The predicted molar refractivity (Wildman–Crippen MR) is 96.4 cm³/mol. The van der Waals surface area contributed by atoms with Crippen LogP contribution in [0.2, 0.25) is 0 Å². The summed E-state index contributed by atoms with van der Waals surface area (Å²) < 4.78 is 48.9. The van der Waals surface area contributed by atoms with Crippen molar-refractivity contribution < 1.29 is 27.2 Å². The number of nitrogens with zero attached hydrogens (tertiary/aromatic N) is 3. The Morgan fingerprint density at radius 2 is 1.90 bits per heavy atom. The fourth-order valence-electron chi connectivity index (χ4n) is 3.07. The van der Waals surface area contributed by atoms with Crippen LogP contribution in [-0.2, 0) is 6.18 Å². The molecule has 0 aliphatic carbocycles. The van der Waals surface area contributed by atoms with Crippen LogP contribution >= 0.6 is 0 Å². The Kier molecular flexibility index (Phi) is 4.73. The molecule has 2 heterocycles. The number of benzene rings is 2. The molecule has 0 spiro atoms. The van der Waals surface area contributed by atoms with Crippen molar-refractivity contribution in [3.63, 3.8) is 0 Å². The number of hydrogen-bond donors (Lipinski definition) is 0. The molecule has 1 aromatic heterocycles. The van der Waals surface area contributed by atoms with Gasteiger partial charge in [-0.25, -0.2) is 0 Å². The number of carbonyl (C=O) groups is 1. The summed E-state index contributed by atoms with van der Waals surface area (Å²) in [6, 6.07) is 11.6. The lowest BCUT2D eigenvalue weighted by molar-refractivity contribution is -0.137. The highest BCUT2D eigenvalue weighted by atomic mass is 19.4. The van der Waals surface area contributed by atoms with Crippen LogP contribution in [0.3, 0.4) is 0 Å². The van der Waals surface area contributed by atoms with Crippen molar-refractivity contribution in [2.24, 2.45) is 0 Å². The number of aromatic nitrogens is 2. The van der Waals surface area contributed by atoms with Crippen molar-refractivity contribution in [2.45, 2.75) is 12.1 Å². The molecule has 2 aromatic carbocycles. The van der Waals surface area contributed by atoms with Crippen molar-refractivity contribution in [1.82, 2.24) is 15.0 Å². The number of ether oxygens (including phenoxy) is 1. The average Bonchev–Trinajstić information content (AvgIpc) is 3.16. The third-order valence-electron chi connectivity index (χ3n) is 4.74. The first-order valence-corrected chi connectivity index (χ1v) is 8.79. The predicted octanol–water partition coefficient (Wildman–Crippen LogP) is 4.00. The van der Waals surface area contributed by atoms with E-state index in [-0.39, 0.29) is 23.2 Å². The molecular weight excluding hydrogens is 387 g/mol. The monoisotopic (exact) mass is 403 g/mol. The molecule has 9 heteroatoms. The summed E-state index contributed by atoms with van der Waals surface area (Å²) in [5, 5.41) is 3.79. The van der Waals surface area contributed by atoms with Gasteiger partial charge in [-0.2, -0.15) is 18.2 Å². The third-order valence-corrected chi connectivity index (χ3v) is 4.74. The minimum absolute atomic E-state index is 0.0889. The minimum Gasteiger partial charge on any atom is -0.497 e. The standard InChI is InChI=1S/C20H16F3N3O3/c1-28-16-7-5-12(6-8-16)19(27)26-10-14(11-26)18-24-17(25-29-18)13-3-2-4-15(9-13)20(21,22)23/h2-9,14H,10-11H2,1H3. The maximum atomic E-state index is 12.9. The zero-order valence-electron chi connectivity index (χ0n) is 15.3. The summed E-state index contributed by atoms with van der Waals surface area (Å²) in [5.74, 6) is 0.781. The van der Waals surface area contributed by atoms with Crippen LogP contribution in [0, 0.1) is 0 Å². The highest BCUT2D eigenvalue weighted by Gasteiger charge is 2.36. The van der Waals surface area contributed by atoms with Crippen molar-refractivity contribution >= 4 is 5.91 Å². The number of methoxy groups -OCH3 is 1. The van der Waals surface area contributed by atoms with Crippen LogP contribution < -0.4 is 4.74 Å². The van der Waals surface area contributed by atoms with E-state index in [1.165, 1.54) is 12.1 Å². The highest BCUT2D eigenvalue weighted by molar-refractivity contribution is 5.95. The number of amides is 1. The smallest absolute Gasteiger partial charge is 0.416 e. The van der Waals surface area contributed by atoms with E-state index in [1.807, 2.05) is 0 Å². The maximum absolute atomic E-state index is 12.9. The Morgan fingerprint density at radius 3 is 2.55 bits per heavy atom. The maximum Gasteiger partial charge on any atom is 0.416 e. The number of hydrogen-bond acceptors (Lipinski definition) is 5. The Balaban J connectivity index is 1.42. The van der Waals surface area contributed by atoms with E-state index in [9.17, 15) is 18.0 Å². The average molecular weight is 403 g/mol. The van der Waals surface area contributed by atoms with Crippen molar-refractivity contribution in [2.75, 3.05) is 20.2 Å². The van der Waals surface area contributed by atoms with E-state index in [2.05, 4.69) is 10.1 Å². The topological polar surface area (TPSA) is 68.5 Å². The van der Waals surface area contributed by atoms with E-state index in [1.54, 1.807) is 36.3 Å². The summed E-state index contributed by atoms with van der Waals surface area (Å²) in [6.45, 7) is 0.796. The summed E-state index contributed by atoms with van der Waals surface area (Å²) in [6.07, 6.45) is -4.45. The van der Waals surface area contributed by atoms with Gasteiger partial charge in [-0.3, -0.25) is 4.79 Å². The number of carbonyl (C=O) groups excluding carboxylic acids is 1. The van der Waals surface area contributed by atoms with Crippen LogP contribution in [0.25, 0.3) is 11.4 Å². The fraction of sp³-hybridized carbons (Fsp3) is 0.250. The normalized spacial score (nSPS) is 14.6. The van der Waals surface area contributed by atoms with Crippen LogP contribution in [0.15, 0.2) is 53.1 Å². The molecule has 3 aromatic rings. The van der Waals surface area contributed by atoms with Crippen molar-refractivity contribution in [3.05, 3.63) is 65.5 Å². The SMILES string of the molecule is COc1ccc(C(=O)N2CC(c3nc(-c4cccc(C(F)(F)F)c4)no3)C2)cc1. The van der Waals surface area contributed by atoms with Crippen LogP contribution in [-0.4, -0.2) is 41.1 Å². The van der Waals surface area contributed by atoms with Gasteiger partial charge >= 0.3 is 6.18 Å². The Bertz CT molecular complexity index is 1030. The number of halogens is 3. The molecular formula is C20H16F3N3O3. The first-order chi connectivity index (χ1) is 13.8. The van der Waals surface area contributed by atoms with Crippen LogP contribution in [0.5, 0.6) is 5.75 Å². The second-order valence-corrected chi connectivity index (χ2v) is 6.67. The first kappa shape index (κ1) is 19.0. The lowest BCUT2D eigenvalue weighted by Crippen LogP contribution is -2.48. The molecule has 6 nitrogen and oxygen atoms in total. The molecule has 4 rings (SSSR count).